The van der Waals surface area contributed by atoms with E-state index in [1.165, 1.54) is 11.1 Å². The number of nitrogen functional groups attached to an aromatic ring is 1. The van der Waals surface area contributed by atoms with E-state index < -0.39 is 0 Å². The third-order valence-electron chi connectivity index (χ3n) is 6.51. The maximum absolute atomic E-state index is 5.88. The van der Waals surface area contributed by atoms with Crippen molar-refractivity contribution in [1.29, 1.82) is 0 Å². The summed E-state index contributed by atoms with van der Waals surface area (Å²) in [5, 5.41) is 0. The lowest BCUT2D eigenvalue weighted by atomic mass is 9.78. The predicted molar refractivity (Wildman–Crippen MR) is 133 cm³/mol. The highest BCUT2D eigenvalue weighted by Gasteiger charge is 2.22. The van der Waals surface area contributed by atoms with Gasteiger partial charge in [0.2, 0.25) is 0 Å². The smallest absolute Gasteiger partial charge is 0.164 e. The highest BCUT2D eigenvalue weighted by molar-refractivity contribution is 5.67. The van der Waals surface area contributed by atoms with Crippen molar-refractivity contribution in [3.05, 3.63) is 83.9 Å². The monoisotopic (exact) mass is 422 g/mol. The Morgan fingerprint density at radius 2 is 1.00 bits per heavy atom. The number of hydrogen-bond acceptors (Lipinski definition) is 4. The summed E-state index contributed by atoms with van der Waals surface area (Å²) in [5.41, 5.74) is 12.2. The summed E-state index contributed by atoms with van der Waals surface area (Å²) in [6.07, 6.45) is 2.21. The standard InChI is InChI=1S/C28H30N4/c1-5-28(4,6-2)23-15-11-21(12-16-23)26-30-25(20-9-7-19(3)8-10-20)31-27(32-26)22-13-17-24(29)18-14-22/h7-18H,5-6,29H2,1-4H3. The van der Waals surface area contributed by atoms with Crippen LogP contribution in [0.4, 0.5) is 5.69 Å². The normalized spacial score (nSPS) is 11.5. The number of anilines is 1. The molecule has 0 unspecified atom stereocenters. The number of aryl methyl sites for hydroxylation is 1. The first-order valence-electron chi connectivity index (χ1n) is 11.2. The first-order chi connectivity index (χ1) is 15.4. The molecule has 0 spiro atoms. The third-order valence-corrected chi connectivity index (χ3v) is 6.51. The van der Waals surface area contributed by atoms with Crippen LogP contribution in [-0.2, 0) is 5.41 Å². The van der Waals surface area contributed by atoms with E-state index >= 15 is 0 Å². The fourth-order valence-corrected chi connectivity index (χ4v) is 3.78. The summed E-state index contributed by atoms with van der Waals surface area (Å²) in [6.45, 7) is 8.89. The number of aromatic nitrogens is 3. The van der Waals surface area contributed by atoms with E-state index in [1.807, 2.05) is 24.3 Å². The molecule has 0 aliphatic rings. The van der Waals surface area contributed by atoms with E-state index in [-0.39, 0.29) is 5.41 Å². The minimum atomic E-state index is 0.180. The maximum Gasteiger partial charge on any atom is 0.164 e. The largest absolute Gasteiger partial charge is 0.399 e. The van der Waals surface area contributed by atoms with Gasteiger partial charge in [-0.15, -0.1) is 0 Å². The number of benzene rings is 3. The zero-order chi connectivity index (χ0) is 22.7. The number of nitrogens with zero attached hydrogens (tertiary/aromatic N) is 3. The summed E-state index contributed by atoms with van der Waals surface area (Å²) in [5.74, 6) is 1.98. The summed E-state index contributed by atoms with van der Waals surface area (Å²) in [4.78, 5) is 14.4. The quantitative estimate of drug-likeness (QED) is 0.345. The molecule has 0 aliphatic heterocycles. The Bertz CT molecular complexity index is 1130. The van der Waals surface area contributed by atoms with Crippen LogP contribution in [0.15, 0.2) is 72.8 Å². The Morgan fingerprint density at radius 1 is 0.625 bits per heavy atom. The molecule has 0 saturated carbocycles. The van der Waals surface area contributed by atoms with E-state index in [1.54, 1.807) is 0 Å². The van der Waals surface area contributed by atoms with Gasteiger partial charge in [-0.2, -0.15) is 0 Å². The minimum absolute atomic E-state index is 0.180. The summed E-state index contributed by atoms with van der Waals surface area (Å²) in [7, 11) is 0. The van der Waals surface area contributed by atoms with Gasteiger partial charge in [0.05, 0.1) is 0 Å². The molecule has 2 N–H and O–H groups in total. The molecule has 0 aliphatic carbocycles. The molecule has 1 aromatic heterocycles. The fraction of sp³-hybridized carbons (Fsp3) is 0.250. The number of nitrogens with two attached hydrogens (primary N) is 1. The van der Waals surface area contributed by atoms with Crippen molar-refractivity contribution in [3.8, 4) is 34.2 Å². The van der Waals surface area contributed by atoms with E-state index in [0.29, 0.717) is 23.2 Å². The van der Waals surface area contributed by atoms with Gasteiger partial charge in [0.15, 0.2) is 17.5 Å². The van der Waals surface area contributed by atoms with E-state index in [9.17, 15) is 0 Å². The van der Waals surface area contributed by atoms with Crippen molar-refractivity contribution in [2.75, 3.05) is 5.73 Å². The molecule has 4 nitrogen and oxygen atoms in total. The lowest BCUT2D eigenvalue weighted by molar-refractivity contribution is 0.439. The molecule has 1 heterocycles. The lowest BCUT2D eigenvalue weighted by Crippen LogP contribution is -2.19. The van der Waals surface area contributed by atoms with Crippen molar-refractivity contribution < 1.29 is 0 Å². The van der Waals surface area contributed by atoms with Gasteiger partial charge in [-0.3, -0.25) is 0 Å². The van der Waals surface area contributed by atoms with Crippen LogP contribution in [-0.4, -0.2) is 15.0 Å². The van der Waals surface area contributed by atoms with Crippen LogP contribution in [0, 0.1) is 6.92 Å². The average molecular weight is 423 g/mol. The summed E-state index contributed by atoms with van der Waals surface area (Å²) < 4.78 is 0. The minimum Gasteiger partial charge on any atom is -0.399 e. The van der Waals surface area contributed by atoms with Crippen LogP contribution in [0.2, 0.25) is 0 Å². The van der Waals surface area contributed by atoms with Gasteiger partial charge in [0, 0.05) is 22.4 Å². The van der Waals surface area contributed by atoms with Crippen LogP contribution in [0.5, 0.6) is 0 Å². The second-order valence-electron chi connectivity index (χ2n) is 8.64. The van der Waals surface area contributed by atoms with Gasteiger partial charge in [0.1, 0.15) is 0 Å². The van der Waals surface area contributed by atoms with Crippen LogP contribution in [0.25, 0.3) is 34.2 Å². The zero-order valence-corrected chi connectivity index (χ0v) is 19.3. The molecule has 3 aromatic carbocycles. The maximum atomic E-state index is 5.88. The van der Waals surface area contributed by atoms with Crippen molar-refractivity contribution >= 4 is 5.69 Å². The van der Waals surface area contributed by atoms with Gasteiger partial charge in [-0.25, -0.2) is 15.0 Å². The van der Waals surface area contributed by atoms with Crippen LogP contribution in [0.1, 0.15) is 44.7 Å². The van der Waals surface area contributed by atoms with Crippen molar-refractivity contribution in [3.63, 3.8) is 0 Å². The highest BCUT2D eigenvalue weighted by atomic mass is 15.0. The molecule has 0 fully saturated rings. The molecular formula is C28H30N4. The molecule has 0 radical (unpaired) electrons. The molecular weight excluding hydrogens is 392 g/mol. The predicted octanol–water partition coefficient (Wildman–Crippen LogP) is 6.84. The molecule has 32 heavy (non-hydrogen) atoms. The van der Waals surface area contributed by atoms with E-state index in [4.69, 9.17) is 20.7 Å². The van der Waals surface area contributed by atoms with Crippen molar-refractivity contribution in [1.82, 2.24) is 15.0 Å². The van der Waals surface area contributed by atoms with Gasteiger partial charge in [-0.05, 0) is 55.0 Å². The molecule has 4 rings (SSSR count). The Morgan fingerprint density at radius 3 is 1.41 bits per heavy atom. The van der Waals surface area contributed by atoms with Gasteiger partial charge in [0.25, 0.3) is 0 Å². The molecule has 4 aromatic rings. The second-order valence-corrected chi connectivity index (χ2v) is 8.64. The molecule has 4 heteroatoms. The number of rotatable bonds is 6. The zero-order valence-electron chi connectivity index (χ0n) is 19.3. The topological polar surface area (TPSA) is 64.7 Å². The first-order valence-corrected chi connectivity index (χ1v) is 11.2. The van der Waals surface area contributed by atoms with Crippen molar-refractivity contribution in [2.45, 2.75) is 46.0 Å². The molecule has 162 valence electrons. The first kappa shape index (κ1) is 21.7. The summed E-state index contributed by atoms with van der Waals surface area (Å²) in [6, 6.07) is 24.6. The van der Waals surface area contributed by atoms with Crippen molar-refractivity contribution in [2.24, 2.45) is 0 Å². The highest BCUT2D eigenvalue weighted by Crippen LogP contribution is 2.32. The van der Waals surface area contributed by atoms with Gasteiger partial charge >= 0.3 is 0 Å². The Balaban J connectivity index is 1.82. The molecule has 0 bridgehead atoms. The van der Waals surface area contributed by atoms with Crippen LogP contribution >= 0.6 is 0 Å². The van der Waals surface area contributed by atoms with Gasteiger partial charge < -0.3 is 5.73 Å². The lowest BCUT2D eigenvalue weighted by Gasteiger charge is -2.27. The molecule has 0 saturated heterocycles. The Hall–Kier alpha value is -3.53. The molecule has 0 amide bonds. The SMILES string of the molecule is CCC(C)(CC)c1ccc(-c2nc(-c3ccc(C)cc3)nc(-c3ccc(N)cc3)n2)cc1. The average Bonchev–Trinajstić information content (AvgIpc) is 2.84. The third kappa shape index (κ3) is 4.40. The molecule has 0 atom stereocenters. The Kier molecular flexibility index (Phi) is 6.04. The van der Waals surface area contributed by atoms with Crippen LogP contribution < -0.4 is 5.73 Å². The number of hydrogen-bond donors (Lipinski definition) is 1. The van der Waals surface area contributed by atoms with E-state index in [0.717, 1.165) is 29.5 Å². The van der Waals surface area contributed by atoms with E-state index in [2.05, 4.69) is 76.2 Å². The van der Waals surface area contributed by atoms with Gasteiger partial charge in [-0.1, -0.05) is 74.9 Å². The summed E-state index contributed by atoms with van der Waals surface area (Å²) >= 11 is 0. The fourth-order valence-electron chi connectivity index (χ4n) is 3.78. The van der Waals surface area contributed by atoms with Crippen LogP contribution in [0.3, 0.4) is 0 Å². The Labute approximate surface area is 190 Å². The second kappa shape index (κ2) is 8.91.